The lowest BCUT2D eigenvalue weighted by Gasteiger charge is -2.38. The third-order valence-electron chi connectivity index (χ3n) is 6.35. The van der Waals surface area contributed by atoms with Crippen molar-refractivity contribution in [1.29, 1.82) is 0 Å². The minimum Gasteiger partial charge on any atom is -0.543 e. The normalized spacial score (nSPS) is 15.9. The average Bonchev–Trinajstić information content (AvgIpc) is 2.49. The molecule has 0 saturated carbocycles. The molecule has 0 N–H and O–H groups in total. The molecule has 28 heavy (non-hydrogen) atoms. The van der Waals surface area contributed by atoms with E-state index in [4.69, 9.17) is 8.85 Å². The second-order valence-electron chi connectivity index (χ2n) is 10.6. The molecule has 0 atom stereocenters. The molecule has 0 radical (unpaired) electrons. The van der Waals surface area contributed by atoms with Gasteiger partial charge in [0, 0.05) is 11.6 Å². The van der Waals surface area contributed by atoms with Gasteiger partial charge in [-0.05, 0) is 48.4 Å². The van der Waals surface area contributed by atoms with Gasteiger partial charge < -0.3 is 8.85 Å². The van der Waals surface area contributed by atoms with Gasteiger partial charge >= 0.3 is 0 Å². The van der Waals surface area contributed by atoms with Gasteiger partial charge in [-0.3, -0.25) is 9.59 Å². The van der Waals surface area contributed by atoms with Gasteiger partial charge in [0.2, 0.25) is 5.78 Å². The molecule has 0 aromatic heterocycles. The van der Waals surface area contributed by atoms with Gasteiger partial charge in [0.05, 0.1) is 5.56 Å². The fourth-order valence-corrected chi connectivity index (χ4v) is 4.41. The highest BCUT2D eigenvalue weighted by atomic mass is 28.4. The van der Waals surface area contributed by atoms with Crippen molar-refractivity contribution in [3.8, 4) is 5.75 Å². The number of hydrogen-bond acceptors (Lipinski definition) is 4. The van der Waals surface area contributed by atoms with Crippen molar-refractivity contribution < 1.29 is 18.4 Å². The van der Waals surface area contributed by atoms with Crippen LogP contribution in [-0.4, -0.2) is 28.2 Å². The molecule has 0 bridgehead atoms. The summed E-state index contributed by atoms with van der Waals surface area (Å²) in [5.41, 5.74) is 0.734. The highest BCUT2D eigenvalue weighted by Crippen LogP contribution is 2.41. The highest BCUT2D eigenvalue weighted by Gasteiger charge is 2.43. The predicted octanol–water partition coefficient (Wildman–Crippen LogP) is 6.36. The van der Waals surface area contributed by atoms with Gasteiger partial charge in [-0.1, -0.05) is 47.6 Å². The Morgan fingerprint density at radius 3 is 1.79 bits per heavy atom. The molecule has 0 saturated heterocycles. The van der Waals surface area contributed by atoms with Crippen molar-refractivity contribution in [3.05, 3.63) is 41.2 Å². The van der Waals surface area contributed by atoms with Crippen molar-refractivity contribution in [1.82, 2.24) is 0 Å². The van der Waals surface area contributed by atoms with Crippen LogP contribution in [0.5, 0.6) is 5.75 Å². The molecule has 1 aromatic carbocycles. The van der Waals surface area contributed by atoms with Crippen molar-refractivity contribution in [3.63, 3.8) is 0 Å². The SMILES string of the molecule is CC(C)(C)[Si](C)(C)OC1=CC(=O)c2c(O[Si](C)(C)C(C)(C)C)cccc2C1=O. The summed E-state index contributed by atoms with van der Waals surface area (Å²) in [5.74, 6) is 0.205. The van der Waals surface area contributed by atoms with E-state index in [1.165, 1.54) is 6.08 Å². The monoisotopic (exact) mass is 418 g/mol. The highest BCUT2D eigenvalue weighted by molar-refractivity contribution is 6.75. The summed E-state index contributed by atoms with van der Waals surface area (Å²) in [6, 6.07) is 5.26. The van der Waals surface area contributed by atoms with Crippen LogP contribution in [-0.2, 0) is 4.43 Å². The fraction of sp³-hybridized carbons (Fsp3) is 0.545. The Morgan fingerprint density at radius 2 is 1.29 bits per heavy atom. The molecule has 0 fully saturated rings. The lowest BCUT2D eigenvalue weighted by Crippen LogP contribution is -2.44. The fourth-order valence-electron chi connectivity index (χ4n) is 2.38. The van der Waals surface area contributed by atoms with Gasteiger partial charge in [0.25, 0.3) is 16.6 Å². The van der Waals surface area contributed by atoms with Crippen molar-refractivity contribution >= 4 is 28.2 Å². The third-order valence-corrected chi connectivity index (χ3v) is 15.0. The smallest absolute Gasteiger partial charge is 0.250 e. The Labute approximate surface area is 171 Å². The van der Waals surface area contributed by atoms with Crippen LogP contribution in [0.4, 0.5) is 0 Å². The number of ketones is 2. The molecule has 0 spiro atoms. The van der Waals surface area contributed by atoms with E-state index in [9.17, 15) is 9.59 Å². The first kappa shape index (κ1) is 22.6. The number of Topliss-reactive ketones (excluding diaryl/α,β-unsaturated/α-hetero) is 1. The molecular weight excluding hydrogens is 384 g/mol. The van der Waals surface area contributed by atoms with E-state index in [1.54, 1.807) is 18.2 Å². The molecule has 0 unspecified atom stereocenters. The largest absolute Gasteiger partial charge is 0.543 e. The maximum Gasteiger partial charge on any atom is 0.250 e. The van der Waals surface area contributed by atoms with Crippen LogP contribution in [0.1, 0.15) is 62.3 Å². The summed E-state index contributed by atoms with van der Waals surface area (Å²) in [4.78, 5) is 26.1. The van der Waals surface area contributed by atoms with Crippen LogP contribution in [0.2, 0.25) is 36.3 Å². The van der Waals surface area contributed by atoms with Crippen molar-refractivity contribution in [2.24, 2.45) is 0 Å². The molecule has 1 aliphatic rings. The number of carbonyl (C=O) groups is 2. The number of allylic oxidation sites excluding steroid dienone is 2. The van der Waals surface area contributed by atoms with Crippen molar-refractivity contribution in [2.45, 2.75) is 77.8 Å². The zero-order valence-electron chi connectivity index (χ0n) is 18.9. The Morgan fingerprint density at radius 1 is 0.786 bits per heavy atom. The number of carbonyl (C=O) groups excluding carboxylic acids is 2. The first-order chi connectivity index (χ1) is 12.5. The third kappa shape index (κ3) is 4.17. The predicted molar refractivity (Wildman–Crippen MR) is 119 cm³/mol. The van der Waals surface area contributed by atoms with Gasteiger partial charge in [0.15, 0.2) is 11.5 Å². The minimum atomic E-state index is -2.23. The quantitative estimate of drug-likeness (QED) is 0.534. The number of benzene rings is 1. The molecule has 4 nitrogen and oxygen atoms in total. The van der Waals surface area contributed by atoms with Gasteiger partial charge in [0.1, 0.15) is 5.75 Å². The zero-order valence-corrected chi connectivity index (χ0v) is 20.9. The van der Waals surface area contributed by atoms with Gasteiger partial charge in [-0.2, -0.15) is 0 Å². The van der Waals surface area contributed by atoms with E-state index in [0.717, 1.165) is 0 Å². The van der Waals surface area contributed by atoms with Crippen LogP contribution in [0.25, 0.3) is 0 Å². The summed E-state index contributed by atoms with van der Waals surface area (Å²) in [5, 5.41) is -0.0748. The lowest BCUT2D eigenvalue weighted by atomic mass is 9.93. The standard InChI is InChI=1S/C22H34O4Si2/c1-21(2,3)27(7,8)25-17-13-11-12-15-19(17)16(23)14-18(20(15)24)26-28(9,10)22(4,5)6/h11-14H,1-10H3. The Bertz CT molecular complexity index is 837. The molecule has 6 heteroatoms. The van der Waals surface area contributed by atoms with Crippen molar-refractivity contribution in [2.75, 3.05) is 0 Å². The van der Waals surface area contributed by atoms with E-state index >= 15 is 0 Å². The average molecular weight is 419 g/mol. The summed E-state index contributed by atoms with van der Waals surface area (Å²) >= 11 is 0. The molecule has 1 aromatic rings. The van der Waals surface area contributed by atoms with E-state index in [1.807, 2.05) is 0 Å². The van der Waals surface area contributed by atoms with Crippen LogP contribution >= 0.6 is 0 Å². The van der Waals surface area contributed by atoms with Crippen LogP contribution in [0, 0.1) is 0 Å². The Balaban J connectivity index is 2.45. The number of hydrogen-bond donors (Lipinski definition) is 0. The first-order valence-electron chi connectivity index (χ1n) is 9.80. The molecule has 0 aliphatic heterocycles. The second-order valence-corrected chi connectivity index (χ2v) is 20.1. The number of rotatable bonds is 4. The summed E-state index contributed by atoms with van der Waals surface area (Å²) in [6.07, 6.45) is 1.35. The lowest BCUT2D eigenvalue weighted by molar-refractivity contribution is 0.0941. The Hall–Kier alpha value is -1.67. The molecule has 154 valence electrons. The van der Waals surface area contributed by atoms with E-state index in [0.29, 0.717) is 16.9 Å². The molecular formula is C22H34O4Si2. The maximum absolute atomic E-state index is 13.1. The van der Waals surface area contributed by atoms with Crippen LogP contribution in [0.3, 0.4) is 0 Å². The molecule has 2 rings (SSSR count). The molecule has 0 heterocycles. The molecule has 1 aliphatic carbocycles. The van der Waals surface area contributed by atoms with E-state index in [-0.39, 0.29) is 27.4 Å². The number of fused-ring (bicyclic) bond motifs is 1. The van der Waals surface area contributed by atoms with Crippen LogP contribution < -0.4 is 4.43 Å². The maximum atomic E-state index is 13.1. The zero-order chi connectivity index (χ0) is 21.7. The topological polar surface area (TPSA) is 52.6 Å². The Kier molecular flexibility index (Phi) is 5.65. The summed E-state index contributed by atoms with van der Waals surface area (Å²) in [6.45, 7) is 21.1. The summed E-state index contributed by atoms with van der Waals surface area (Å²) < 4.78 is 12.6. The van der Waals surface area contributed by atoms with Crippen LogP contribution in [0.15, 0.2) is 30.0 Å². The molecule has 0 amide bonds. The first-order valence-corrected chi connectivity index (χ1v) is 15.6. The van der Waals surface area contributed by atoms with Gasteiger partial charge in [-0.15, -0.1) is 0 Å². The minimum absolute atomic E-state index is 0.0100. The van der Waals surface area contributed by atoms with E-state index < -0.39 is 16.6 Å². The summed E-state index contributed by atoms with van der Waals surface area (Å²) in [7, 11) is -4.37. The second kappa shape index (κ2) is 6.99. The van der Waals surface area contributed by atoms with Gasteiger partial charge in [-0.25, -0.2) is 0 Å². The van der Waals surface area contributed by atoms with E-state index in [2.05, 4.69) is 67.7 Å².